The van der Waals surface area contributed by atoms with E-state index in [2.05, 4.69) is 41.5 Å². The molecule has 2 aliphatic rings. The Morgan fingerprint density at radius 3 is 2.93 bits per heavy atom. The first kappa shape index (κ1) is 9.08. The van der Waals surface area contributed by atoms with Crippen LogP contribution in [0.1, 0.15) is 25.7 Å². The number of anilines is 2. The molecule has 15 heavy (non-hydrogen) atoms. The fraction of sp³-hybridized carbons (Fsp3) is 0.538. The van der Waals surface area contributed by atoms with Crippen LogP contribution in [0.5, 0.6) is 0 Å². The first-order chi connectivity index (χ1) is 7.36. The van der Waals surface area contributed by atoms with E-state index in [1.807, 2.05) is 0 Å². The minimum Gasteiger partial charge on any atom is -0.379 e. The largest absolute Gasteiger partial charge is 0.379 e. The van der Waals surface area contributed by atoms with E-state index < -0.39 is 0 Å². The molecule has 0 amide bonds. The molecular weight excluding hydrogens is 184 g/mol. The molecule has 0 aromatic heterocycles. The number of nitrogens with one attached hydrogen (secondary N) is 1. The molecule has 1 aromatic rings. The SMILES string of the molecule is CN1c2ccccc2NC2CCCCC21. The number of hydrogen-bond acceptors (Lipinski definition) is 2. The van der Waals surface area contributed by atoms with Gasteiger partial charge in [0.2, 0.25) is 0 Å². The van der Waals surface area contributed by atoms with Gasteiger partial charge in [-0.05, 0) is 25.0 Å². The molecule has 2 heteroatoms. The van der Waals surface area contributed by atoms with Crippen LogP contribution >= 0.6 is 0 Å². The van der Waals surface area contributed by atoms with Gasteiger partial charge in [0.1, 0.15) is 0 Å². The van der Waals surface area contributed by atoms with E-state index in [1.165, 1.54) is 37.1 Å². The Labute approximate surface area is 91.3 Å². The van der Waals surface area contributed by atoms with E-state index in [-0.39, 0.29) is 0 Å². The van der Waals surface area contributed by atoms with E-state index in [4.69, 9.17) is 0 Å². The van der Waals surface area contributed by atoms with Gasteiger partial charge in [-0.2, -0.15) is 0 Å². The number of likely N-dealkylation sites (N-methyl/N-ethyl adjacent to an activating group) is 1. The minimum atomic E-state index is 0.665. The molecule has 0 spiro atoms. The van der Waals surface area contributed by atoms with Crippen molar-refractivity contribution in [1.29, 1.82) is 0 Å². The second-order valence-corrected chi connectivity index (χ2v) is 4.73. The van der Waals surface area contributed by atoms with Crippen LogP contribution in [-0.2, 0) is 0 Å². The lowest BCUT2D eigenvalue weighted by molar-refractivity contribution is 0.385. The van der Waals surface area contributed by atoms with Gasteiger partial charge in [-0.25, -0.2) is 0 Å². The van der Waals surface area contributed by atoms with Crippen LogP contribution in [0.15, 0.2) is 24.3 Å². The van der Waals surface area contributed by atoms with Gasteiger partial charge in [-0.3, -0.25) is 0 Å². The average molecular weight is 202 g/mol. The Bertz CT molecular complexity index is 361. The van der Waals surface area contributed by atoms with Crippen molar-refractivity contribution in [3.05, 3.63) is 24.3 Å². The molecule has 0 saturated heterocycles. The third-order valence-electron chi connectivity index (χ3n) is 3.85. The van der Waals surface area contributed by atoms with Gasteiger partial charge in [-0.1, -0.05) is 25.0 Å². The van der Waals surface area contributed by atoms with Crippen molar-refractivity contribution in [2.24, 2.45) is 0 Å². The van der Waals surface area contributed by atoms with Crippen LogP contribution in [-0.4, -0.2) is 19.1 Å². The molecule has 1 N–H and O–H groups in total. The second kappa shape index (κ2) is 3.44. The summed E-state index contributed by atoms with van der Waals surface area (Å²) in [5.74, 6) is 0. The van der Waals surface area contributed by atoms with Gasteiger partial charge in [0.05, 0.1) is 11.4 Å². The maximum Gasteiger partial charge on any atom is 0.0602 e. The normalized spacial score (nSPS) is 29.0. The maximum atomic E-state index is 3.69. The number of para-hydroxylation sites is 2. The average Bonchev–Trinajstić information content (AvgIpc) is 2.30. The lowest BCUT2D eigenvalue weighted by Gasteiger charge is -2.45. The van der Waals surface area contributed by atoms with Crippen LogP contribution < -0.4 is 10.2 Å². The maximum absolute atomic E-state index is 3.69. The molecule has 2 atom stereocenters. The molecule has 1 saturated carbocycles. The molecule has 0 bridgehead atoms. The van der Waals surface area contributed by atoms with Gasteiger partial charge < -0.3 is 10.2 Å². The van der Waals surface area contributed by atoms with Gasteiger partial charge in [0.15, 0.2) is 0 Å². The van der Waals surface area contributed by atoms with Crippen LogP contribution in [0, 0.1) is 0 Å². The van der Waals surface area contributed by atoms with Crippen LogP contribution in [0.2, 0.25) is 0 Å². The highest BCUT2D eigenvalue weighted by Gasteiger charge is 2.33. The molecule has 3 rings (SSSR count). The van der Waals surface area contributed by atoms with Crippen molar-refractivity contribution in [2.75, 3.05) is 17.3 Å². The molecule has 1 aromatic carbocycles. The molecule has 2 unspecified atom stereocenters. The Morgan fingerprint density at radius 2 is 2.00 bits per heavy atom. The smallest absolute Gasteiger partial charge is 0.0602 e. The summed E-state index contributed by atoms with van der Waals surface area (Å²) in [6.45, 7) is 0. The van der Waals surface area contributed by atoms with Crippen molar-refractivity contribution in [3.8, 4) is 0 Å². The Balaban J connectivity index is 1.98. The summed E-state index contributed by atoms with van der Waals surface area (Å²) >= 11 is 0. The highest BCUT2D eigenvalue weighted by atomic mass is 15.2. The Morgan fingerprint density at radius 1 is 1.20 bits per heavy atom. The monoisotopic (exact) mass is 202 g/mol. The fourth-order valence-electron chi connectivity index (χ4n) is 3.02. The van der Waals surface area contributed by atoms with E-state index in [0.29, 0.717) is 12.1 Å². The molecule has 80 valence electrons. The molecule has 1 aliphatic carbocycles. The van der Waals surface area contributed by atoms with E-state index in [0.717, 1.165) is 0 Å². The van der Waals surface area contributed by atoms with Crippen molar-refractivity contribution in [3.63, 3.8) is 0 Å². The molecule has 1 heterocycles. The van der Waals surface area contributed by atoms with Gasteiger partial charge >= 0.3 is 0 Å². The summed E-state index contributed by atoms with van der Waals surface area (Å²) in [6.07, 6.45) is 5.42. The van der Waals surface area contributed by atoms with Crippen molar-refractivity contribution in [2.45, 2.75) is 37.8 Å². The van der Waals surface area contributed by atoms with Crippen molar-refractivity contribution in [1.82, 2.24) is 0 Å². The Hall–Kier alpha value is -1.18. The molecule has 0 radical (unpaired) electrons. The zero-order valence-electron chi connectivity index (χ0n) is 9.24. The third kappa shape index (κ3) is 1.39. The molecule has 2 nitrogen and oxygen atoms in total. The predicted octanol–water partition coefficient (Wildman–Crippen LogP) is 2.86. The van der Waals surface area contributed by atoms with Gasteiger partial charge in [0.25, 0.3) is 0 Å². The number of rotatable bonds is 0. The molecule has 1 aliphatic heterocycles. The second-order valence-electron chi connectivity index (χ2n) is 4.73. The number of benzene rings is 1. The zero-order chi connectivity index (χ0) is 10.3. The van der Waals surface area contributed by atoms with Crippen molar-refractivity contribution < 1.29 is 0 Å². The highest BCUT2D eigenvalue weighted by molar-refractivity contribution is 5.73. The molecular formula is C13H18N2. The van der Waals surface area contributed by atoms with E-state index >= 15 is 0 Å². The topological polar surface area (TPSA) is 15.3 Å². The first-order valence-corrected chi connectivity index (χ1v) is 5.94. The quantitative estimate of drug-likeness (QED) is 0.696. The highest BCUT2D eigenvalue weighted by Crippen LogP contribution is 2.37. The lowest BCUT2D eigenvalue weighted by Crippen LogP contribution is -2.50. The third-order valence-corrected chi connectivity index (χ3v) is 3.85. The van der Waals surface area contributed by atoms with E-state index in [9.17, 15) is 0 Å². The predicted molar refractivity (Wildman–Crippen MR) is 64.5 cm³/mol. The number of nitrogens with zero attached hydrogens (tertiary/aromatic N) is 1. The zero-order valence-corrected chi connectivity index (χ0v) is 9.24. The van der Waals surface area contributed by atoms with Gasteiger partial charge in [0, 0.05) is 19.1 Å². The lowest BCUT2D eigenvalue weighted by atomic mass is 9.87. The minimum absolute atomic E-state index is 0.665. The number of hydrogen-bond donors (Lipinski definition) is 1. The summed E-state index contributed by atoms with van der Waals surface area (Å²) in [4.78, 5) is 2.47. The summed E-state index contributed by atoms with van der Waals surface area (Å²) in [5.41, 5.74) is 2.67. The Kier molecular flexibility index (Phi) is 2.08. The number of fused-ring (bicyclic) bond motifs is 2. The van der Waals surface area contributed by atoms with Crippen LogP contribution in [0.25, 0.3) is 0 Å². The molecule has 1 fully saturated rings. The van der Waals surface area contributed by atoms with Crippen molar-refractivity contribution >= 4 is 11.4 Å². The summed E-state index contributed by atoms with van der Waals surface area (Å²) in [7, 11) is 2.24. The van der Waals surface area contributed by atoms with Crippen LogP contribution in [0.3, 0.4) is 0 Å². The van der Waals surface area contributed by atoms with Crippen LogP contribution in [0.4, 0.5) is 11.4 Å². The summed E-state index contributed by atoms with van der Waals surface area (Å²) in [5, 5.41) is 3.69. The summed E-state index contributed by atoms with van der Waals surface area (Å²) in [6, 6.07) is 10.0. The summed E-state index contributed by atoms with van der Waals surface area (Å²) < 4.78 is 0. The standard InChI is InChI=1S/C13H18N2/c1-15-12-8-4-2-6-10(12)14-11-7-3-5-9-13(11)15/h2,4,6,8,11,13-14H,3,5,7,9H2,1H3. The van der Waals surface area contributed by atoms with E-state index in [1.54, 1.807) is 0 Å². The first-order valence-electron chi connectivity index (χ1n) is 5.94. The van der Waals surface area contributed by atoms with Gasteiger partial charge in [-0.15, -0.1) is 0 Å². The fourth-order valence-corrected chi connectivity index (χ4v) is 3.02.